The van der Waals surface area contributed by atoms with Crippen LogP contribution in [0.15, 0.2) is 60.8 Å². The van der Waals surface area contributed by atoms with Crippen LogP contribution in [0.4, 0.5) is 28.8 Å². The predicted molar refractivity (Wildman–Crippen MR) is 91.6 cm³/mol. The molecule has 0 aliphatic carbocycles. The Morgan fingerprint density at radius 3 is 2.36 bits per heavy atom. The number of pyridine rings is 1. The molecule has 4 nitrogen and oxygen atoms in total. The monoisotopic (exact) mass is 363 g/mol. The van der Waals surface area contributed by atoms with Crippen LogP contribution >= 0.6 is 11.3 Å². The molecule has 0 unspecified atom stereocenters. The van der Waals surface area contributed by atoms with Crippen LogP contribution in [0.1, 0.15) is 5.56 Å². The van der Waals surface area contributed by atoms with Crippen molar-refractivity contribution in [3.8, 4) is 10.4 Å². The third kappa shape index (κ3) is 4.36. The first-order valence-corrected chi connectivity index (χ1v) is 8.00. The molecular weight excluding hydrogens is 351 g/mol. The maximum atomic E-state index is 12.5. The van der Waals surface area contributed by atoms with E-state index in [0.29, 0.717) is 11.2 Å². The Kier molecular flexibility index (Phi) is 4.71. The number of amides is 2. The zero-order valence-corrected chi connectivity index (χ0v) is 13.5. The van der Waals surface area contributed by atoms with Crippen molar-refractivity contribution in [2.45, 2.75) is 6.18 Å². The molecule has 3 aromatic rings. The zero-order valence-electron chi connectivity index (χ0n) is 12.7. The van der Waals surface area contributed by atoms with Crippen molar-refractivity contribution in [1.29, 1.82) is 0 Å². The summed E-state index contributed by atoms with van der Waals surface area (Å²) in [6.45, 7) is 0. The summed E-state index contributed by atoms with van der Waals surface area (Å²) in [5.41, 5.74) is 0.162. The highest BCUT2D eigenvalue weighted by Gasteiger charge is 2.30. The molecular formula is C17H12F3N3OS. The summed E-state index contributed by atoms with van der Waals surface area (Å²) >= 11 is 1.39. The topological polar surface area (TPSA) is 54.0 Å². The van der Waals surface area contributed by atoms with E-state index in [-0.39, 0.29) is 5.82 Å². The van der Waals surface area contributed by atoms with Gasteiger partial charge in [-0.05, 0) is 29.8 Å². The smallest absolute Gasteiger partial charge is 0.299 e. The van der Waals surface area contributed by atoms with Crippen molar-refractivity contribution in [3.63, 3.8) is 0 Å². The summed E-state index contributed by atoms with van der Waals surface area (Å²) in [4.78, 5) is 16.5. The molecule has 0 bridgehead atoms. The van der Waals surface area contributed by atoms with Crippen LogP contribution in [-0.4, -0.2) is 11.0 Å². The molecule has 0 atom stereocenters. The molecule has 0 spiro atoms. The predicted octanol–water partition coefficient (Wildman–Crippen LogP) is 5.47. The van der Waals surface area contributed by atoms with Gasteiger partial charge in [0.2, 0.25) is 0 Å². The van der Waals surface area contributed by atoms with Gasteiger partial charge in [-0.15, -0.1) is 11.3 Å². The highest BCUT2D eigenvalue weighted by Crippen LogP contribution is 2.31. The lowest BCUT2D eigenvalue weighted by Crippen LogP contribution is -2.19. The molecule has 0 fully saturated rings. The number of rotatable bonds is 3. The van der Waals surface area contributed by atoms with Gasteiger partial charge in [0.25, 0.3) is 0 Å². The number of halogens is 3. The van der Waals surface area contributed by atoms with E-state index in [0.717, 1.165) is 22.6 Å². The average Bonchev–Trinajstić information content (AvgIpc) is 3.03. The largest absolute Gasteiger partial charge is 0.417 e. The minimum absolute atomic E-state index is 0.0327. The molecule has 1 aromatic carbocycles. The third-order valence-electron chi connectivity index (χ3n) is 3.23. The molecule has 3 rings (SSSR count). The number of hydrogen-bond donors (Lipinski definition) is 2. The van der Waals surface area contributed by atoms with Gasteiger partial charge in [-0.25, -0.2) is 9.78 Å². The minimum Gasteiger partial charge on any atom is -0.299 e. The van der Waals surface area contributed by atoms with Crippen LogP contribution in [-0.2, 0) is 6.18 Å². The van der Waals surface area contributed by atoms with E-state index < -0.39 is 17.8 Å². The summed E-state index contributed by atoms with van der Waals surface area (Å²) in [5, 5.41) is 5.64. The normalized spacial score (nSPS) is 11.2. The highest BCUT2D eigenvalue weighted by atomic mass is 32.1. The lowest BCUT2D eigenvalue weighted by molar-refractivity contribution is -0.137. The lowest BCUT2D eigenvalue weighted by atomic mass is 10.2. The van der Waals surface area contributed by atoms with Crippen molar-refractivity contribution < 1.29 is 18.0 Å². The number of benzene rings is 1. The Balaban J connectivity index is 1.62. The van der Waals surface area contributed by atoms with Gasteiger partial charge in [0.05, 0.1) is 10.6 Å². The van der Waals surface area contributed by atoms with E-state index in [2.05, 4.69) is 15.6 Å². The van der Waals surface area contributed by atoms with Crippen LogP contribution in [0.2, 0.25) is 0 Å². The number of urea groups is 1. The fraction of sp³-hybridized carbons (Fsp3) is 0.0588. The number of carbonyl (C=O) groups excluding carboxylic acids is 1. The molecule has 25 heavy (non-hydrogen) atoms. The van der Waals surface area contributed by atoms with Gasteiger partial charge in [-0.3, -0.25) is 10.6 Å². The first-order valence-electron chi connectivity index (χ1n) is 7.18. The quantitative estimate of drug-likeness (QED) is 0.648. The molecule has 2 aromatic heterocycles. The molecule has 128 valence electrons. The zero-order chi connectivity index (χ0) is 17.9. The maximum absolute atomic E-state index is 12.5. The molecule has 0 saturated carbocycles. The maximum Gasteiger partial charge on any atom is 0.417 e. The molecule has 0 aliphatic heterocycles. The number of hydrogen-bond acceptors (Lipinski definition) is 3. The van der Waals surface area contributed by atoms with Crippen molar-refractivity contribution in [1.82, 2.24) is 4.98 Å². The van der Waals surface area contributed by atoms with Crippen molar-refractivity contribution in [3.05, 3.63) is 66.4 Å². The van der Waals surface area contributed by atoms with Crippen molar-refractivity contribution in [2.24, 2.45) is 0 Å². The van der Waals surface area contributed by atoms with Gasteiger partial charge < -0.3 is 0 Å². The second-order valence-electron chi connectivity index (χ2n) is 5.04. The van der Waals surface area contributed by atoms with E-state index in [1.165, 1.54) is 11.3 Å². The van der Waals surface area contributed by atoms with Gasteiger partial charge in [-0.1, -0.05) is 30.3 Å². The molecule has 0 aliphatic rings. The van der Waals surface area contributed by atoms with Gasteiger partial charge >= 0.3 is 12.2 Å². The molecule has 0 saturated heterocycles. The van der Waals surface area contributed by atoms with Crippen molar-refractivity contribution in [2.75, 3.05) is 10.6 Å². The summed E-state index contributed by atoms with van der Waals surface area (Å²) < 4.78 is 37.4. The number of aromatic nitrogens is 1. The highest BCUT2D eigenvalue weighted by molar-refractivity contribution is 7.19. The Morgan fingerprint density at radius 2 is 1.72 bits per heavy atom. The number of alkyl halides is 3. The summed E-state index contributed by atoms with van der Waals surface area (Å²) in [6, 6.07) is 14.7. The second-order valence-corrected chi connectivity index (χ2v) is 6.12. The van der Waals surface area contributed by atoms with Crippen LogP contribution in [0.5, 0.6) is 0 Å². The summed E-state index contributed by atoms with van der Waals surface area (Å²) in [7, 11) is 0. The van der Waals surface area contributed by atoms with Crippen LogP contribution in [0.3, 0.4) is 0 Å². The van der Waals surface area contributed by atoms with Crippen LogP contribution in [0.25, 0.3) is 10.4 Å². The summed E-state index contributed by atoms with van der Waals surface area (Å²) in [5.74, 6) is 0.0327. The minimum atomic E-state index is -4.46. The van der Waals surface area contributed by atoms with Crippen LogP contribution < -0.4 is 10.6 Å². The molecule has 2 amide bonds. The number of thiophene rings is 1. The fourth-order valence-electron chi connectivity index (χ4n) is 2.06. The Bertz CT molecular complexity index is 861. The van der Waals surface area contributed by atoms with E-state index in [1.807, 2.05) is 36.4 Å². The van der Waals surface area contributed by atoms with Gasteiger partial charge in [0.15, 0.2) is 0 Å². The average molecular weight is 363 g/mol. The Morgan fingerprint density at radius 1 is 0.960 bits per heavy atom. The third-order valence-corrected chi connectivity index (χ3v) is 4.28. The van der Waals surface area contributed by atoms with E-state index in [4.69, 9.17) is 0 Å². The van der Waals surface area contributed by atoms with Crippen LogP contribution in [0, 0.1) is 0 Å². The van der Waals surface area contributed by atoms with E-state index >= 15 is 0 Å². The lowest BCUT2D eigenvalue weighted by Gasteiger charge is -2.08. The number of nitrogens with zero attached hydrogens (tertiary/aromatic N) is 1. The number of anilines is 2. The second kappa shape index (κ2) is 6.94. The van der Waals surface area contributed by atoms with Gasteiger partial charge in [0.1, 0.15) is 5.82 Å². The standard InChI is InChI=1S/C17H12F3N3OS/c18-17(19,20)12-6-8-14(21-10-12)22-16(24)23-15-9-7-13(25-15)11-4-2-1-3-5-11/h1-10H,(H2,21,22,23,24). The first-order chi connectivity index (χ1) is 11.9. The number of nitrogens with one attached hydrogen (secondary N) is 2. The van der Waals surface area contributed by atoms with E-state index in [1.54, 1.807) is 6.07 Å². The molecule has 8 heteroatoms. The SMILES string of the molecule is O=C(Nc1ccc(C(F)(F)F)cn1)Nc1ccc(-c2ccccc2)s1. The first kappa shape index (κ1) is 17.0. The fourth-order valence-corrected chi connectivity index (χ4v) is 2.96. The molecule has 2 heterocycles. The van der Waals surface area contributed by atoms with Crippen molar-refractivity contribution >= 4 is 28.2 Å². The Hall–Kier alpha value is -2.87. The summed E-state index contributed by atoms with van der Waals surface area (Å²) in [6.07, 6.45) is -3.78. The molecule has 2 N–H and O–H groups in total. The molecule has 0 radical (unpaired) electrons. The van der Waals surface area contributed by atoms with E-state index in [9.17, 15) is 18.0 Å². The Labute approximate surface area is 145 Å². The van der Waals surface area contributed by atoms with Gasteiger partial charge in [-0.2, -0.15) is 13.2 Å². The van der Waals surface area contributed by atoms with Gasteiger partial charge in [0, 0.05) is 11.1 Å². The number of carbonyl (C=O) groups is 1.